The fourth-order valence-corrected chi connectivity index (χ4v) is 1.61. The Labute approximate surface area is 98.3 Å². The van der Waals surface area contributed by atoms with Gasteiger partial charge >= 0.3 is 0 Å². The number of anilines is 1. The number of rotatable bonds is 3. The maximum absolute atomic E-state index is 11.0. The van der Waals surface area contributed by atoms with Gasteiger partial charge in [-0.2, -0.15) is 0 Å². The van der Waals surface area contributed by atoms with Crippen LogP contribution in [0.3, 0.4) is 0 Å². The number of carbonyl (C=O) groups is 1. The van der Waals surface area contributed by atoms with E-state index in [1.54, 1.807) is 4.90 Å². The van der Waals surface area contributed by atoms with Crippen LogP contribution in [0.15, 0.2) is 24.3 Å². The van der Waals surface area contributed by atoms with E-state index in [2.05, 4.69) is 32.9 Å². The number of nitrogens with zero attached hydrogens (tertiary/aromatic N) is 1. The molecule has 0 saturated carbocycles. The molecule has 16 heavy (non-hydrogen) atoms. The predicted molar refractivity (Wildman–Crippen MR) is 68.8 cm³/mol. The Morgan fingerprint density at radius 1 is 1.12 bits per heavy atom. The molecule has 0 aliphatic carbocycles. The van der Waals surface area contributed by atoms with Crippen LogP contribution < -0.4 is 4.90 Å². The van der Waals surface area contributed by atoms with Gasteiger partial charge in [-0.05, 0) is 37.0 Å². The predicted octanol–water partition coefficient (Wildman–Crippen LogP) is 3.36. The summed E-state index contributed by atoms with van der Waals surface area (Å²) in [6, 6.07) is 8.39. The highest BCUT2D eigenvalue weighted by Gasteiger charge is 2.14. The molecule has 1 rings (SSSR count). The second-order valence-corrected chi connectivity index (χ2v) is 5.40. The minimum absolute atomic E-state index is 0.155. The number of benzene rings is 1. The van der Waals surface area contributed by atoms with E-state index in [4.69, 9.17) is 0 Å². The number of carbonyl (C=O) groups excluding carboxylic acids is 1. The third kappa shape index (κ3) is 2.84. The van der Waals surface area contributed by atoms with Crippen LogP contribution in [-0.4, -0.2) is 12.5 Å². The first-order chi connectivity index (χ1) is 7.36. The zero-order valence-corrected chi connectivity index (χ0v) is 10.8. The third-order valence-electron chi connectivity index (χ3n) is 2.70. The summed E-state index contributed by atoms with van der Waals surface area (Å²) in [4.78, 5) is 12.7. The second-order valence-electron chi connectivity index (χ2n) is 5.40. The van der Waals surface area contributed by atoms with E-state index in [9.17, 15) is 4.79 Å². The average molecular weight is 219 g/mol. The van der Waals surface area contributed by atoms with Gasteiger partial charge in [-0.3, -0.25) is 4.79 Å². The van der Waals surface area contributed by atoms with E-state index in [0.29, 0.717) is 0 Å². The Morgan fingerprint density at radius 2 is 1.62 bits per heavy atom. The molecule has 2 nitrogen and oxygen atoms in total. The summed E-state index contributed by atoms with van der Waals surface area (Å²) in [6.07, 6.45) is 0.886. The van der Waals surface area contributed by atoms with Gasteiger partial charge in [-0.15, -0.1) is 0 Å². The van der Waals surface area contributed by atoms with Gasteiger partial charge in [0.2, 0.25) is 6.41 Å². The normalized spacial score (nSPS) is 11.6. The van der Waals surface area contributed by atoms with Crippen molar-refractivity contribution in [3.8, 4) is 0 Å². The summed E-state index contributed by atoms with van der Waals surface area (Å²) in [5, 5.41) is 0. The lowest BCUT2D eigenvalue weighted by Gasteiger charge is -2.24. The molecule has 0 spiro atoms. The van der Waals surface area contributed by atoms with Crippen LogP contribution in [0.25, 0.3) is 0 Å². The first-order valence-electron chi connectivity index (χ1n) is 5.70. The van der Waals surface area contributed by atoms with Crippen LogP contribution in [0.1, 0.15) is 40.2 Å². The molecular weight excluding hydrogens is 198 g/mol. The van der Waals surface area contributed by atoms with Gasteiger partial charge in [0, 0.05) is 11.7 Å². The molecule has 0 saturated heterocycles. The number of hydrogen-bond acceptors (Lipinski definition) is 1. The molecule has 0 heterocycles. The summed E-state index contributed by atoms with van der Waals surface area (Å²) in [7, 11) is 0. The van der Waals surface area contributed by atoms with E-state index < -0.39 is 0 Å². The molecule has 0 unspecified atom stereocenters. The second kappa shape index (κ2) is 4.69. The largest absolute Gasteiger partial charge is 0.313 e. The van der Waals surface area contributed by atoms with Gasteiger partial charge in [0.1, 0.15) is 0 Å². The number of amides is 1. The SMILES string of the molecule is CC(C)N(C=O)c1ccc(C(C)(C)C)cc1. The fourth-order valence-electron chi connectivity index (χ4n) is 1.61. The minimum atomic E-state index is 0.155. The van der Waals surface area contributed by atoms with Gasteiger partial charge in [0.05, 0.1) is 0 Å². The Kier molecular flexibility index (Phi) is 3.74. The van der Waals surface area contributed by atoms with Crippen LogP contribution in [0.5, 0.6) is 0 Å². The molecule has 1 amide bonds. The summed E-state index contributed by atoms with van der Waals surface area (Å²) in [5.41, 5.74) is 2.39. The van der Waals surface area contributed by atoms with Crippen LogP contribution in [0.4, 0.5) is 5.69 Å². The van der Waals surface area contributed by atoms with Crippen LogP contribution in [0, 0.1) is 0 Å². The smallest absolute Gasteiger partial charge is 0.214 e. The zero-order chi connectivity index (χ0) is 12.3. The van der Waals surface area contributed by atoms with Gasteiger partial charge in [-0.1, -0.05) is 32.9 Å². The summed E-state index contributed by atoms with van der Waals surface area (Å²) in [6.45, 7) is 10.6. The Bertz CT molecular complexity index is 346. The van der Waals surface area contributed by atoms with Crippen LogP contribution in [0.2, 0.25) is 0 Å². The quantitative estimate of drug-likeness (QED) is 0.714. The maximum atomic E-state index is 11.0. The van der Waals surface area contributed by atoms with E-state index in [1.165, 1.54) is 5.56 Å². The highest BCUT2D eigenvalue weighted by Crippen LogP contribution is 2.25. The molecule has 2 heteroatoms. The molecule has 0 aliphatic rings. The molecule has 0 aliphatic heterocycles. The standard InChI is InChI=1S/C14H21NO/c1-11(2)15(10-16)13-8-6-12(7-9-13)14(3,4)5/h6-11H,1-5H3. The lowest BCUT2D eigenvalue weighted by atomic mass is 9.87. The van der Waals surface area contributed by atoms with Gasteiger partial charge in [-0.25, -0.2) is 0 Å². The number of hydrogen-bond donors (Lipinski definition) is 0. The topological polar surface area (TPSA) is 20.3 Å². The van der Waals surface area contributed by atoms with Crippen molar-refractivity contribution in [3.63, 3.8) is 0 Å². The molecule has 0 aromatic heterocycles. The zero-order valence-electron chi connectivity index (χ0n) is 10.8. The van der Waals surface area contributed by atoms with Crippen LogP contribution >= 0.6 is 0 Å². The molecule has 1 aromatic carbocycles. The Morgan fingerprint density at radius 3 is 1.94 bits per heavy atom. The molecule has 0 fully saturated rings. The summed E-state index contributed by atoms with van der Waals surface area (Å²) in [5.74, 6) is 0. The van der Waals surface area contributed by atoms with Crippen molar-refractivity contribution in [1.29, 1.82) is 0 Å². The van der Waals surface area contributed by atoms with Gasteiger partial charge < -0.3 is 4.90 Å². The highest BCUT2D eigenvalue weighted by atomic mass is 16.1. The lowest BCUT2D eigenvalue weighted by Crippen LogP contribution is -2.28. The highest BCUT2D eigenvalue weighted by molar-refractivity contribution is 5.75. The first kappa shape index (κ1) is 12.8. The van der Waals surface area contributed by atoms with Gasteiger partial charge in [0.25, 0.3) is 0 Å². The van der Waals surface area contributed by atoms with Crippen molar-refractivity contribution in [2.45, 2.75) is 46.1 Å². The Balaban J connectivity index is 2.98. The minimum Gasteiger partial charge on any atom is -0.313 e. The third-order valence-corrected chi connectivity index (χ3v) is 2.70. The Hall–Kier alpha value is -1.31. The van der Waals surface area contributed by atoms with Crippen molar-refractivity contribution in [1.82, 2.24) is 0 Å². The lowest BCUT2D eigenvalue weighted by molar-refractivity contribution is -0.107. The van der Waals surface area contributed by atoms with Crippen molar-refractivity contribution in [2.24, 2.45) is 0 Å². The molecule has 88 valence electrons. The molecule has 0 atom stereocenters. The summed E-state index contributed by atoms with van der Waals surface area (Å²) < 4.78 is 0. The molecule has 1 aromatic rings. The molecular formula is C14H21NO. The van der Waals surface area contributed by atoms with Gasteiger partial charge in [0.15, 0.2) is 0 Å². The van der Waals surface area contributed by atoms with Crippen molar-refractivity contribution >= 4 is 12.1 Å². The van der Waals surface area contributed by atoms with E-state index >= 15 is 0 Å². The van der Waals surface area contributed by atoms with E-state index in [-0.39, 0.29) is 11.5 Å². The first-order valence-corrected chi connectivity index (χ1v) is 5.70. The molecule has 0 radical (unpaired) electrons. The maximum Gasteiger partial charge on any atom is 0.214 e. The van der Waals surface area contributed by atoms with Crippen molar-refractivity contribution in [3.05, 3.63) is 29.8 Å². The van der Waals surface area contributed by atoms with Crippen molar-refractivity contribution < 1.29 is 4.79 Å². The van der Waals surface area contributed by atoms with Crippen molar-refractivity contribution in [2.75, 3.05) is 4.90 Å². The summed E-state index contributed by atoms with van der Waals surface area (Å²) >= 11 is 0. The van der Waals surface area contributed by atoms with E-state index in [0.717, 1.165) is 12.1 Å². The molecule has 0 N–H and O–H groups in total. The monoisotopic (exact) mass is 219 g/mol. The van der Waals surface area contributed by atoms with E-state index in [1.807, 2.05) is 26.0 Å². The average Bonchev–Trinajstić information content (AvgIpc) is 2.17. The van der Waals surface area contributed by atoms with Crippen LogP contribution in [-0.2, 0) is 10.2 Å². The fraction of sp³-hybridized carbons (Fsp3) is 0.500. The molecule has 0 bridgehead atoms.